The zero-order chi connectivity index (χ0) is 9.14. The minimum absolute atomic E-state index is 0. The van der Waals surface area contributed by atoms with E-state index >= 15 is 0 Å². The van der Waals surface area contributed by atoms with Crippen molar-refractivity contribution in [2.45, 2.75) is 6.04 Å². The van der Waals surface area contributed by atoms with Gasteiger partial charge < -0.3 is 10.8 Å². The van der Waals surface area contributed by atoms with E-state index in [1.165, 1.54) is 0 Å². The van der Waals surface area contributed by atoms with Gasteiger partial charge in [-0.05, 0) is 23.8 Å². The lowest BCUT2D eigenvalue weighted by atomic mass is 10.1. The van der Waals surface area contributed by atoms with E-state index in [1.54, 1.807) is 12.1 Å². The highest BCUT2D eigenvalue weighted by atomic mass is 79.9. The Labute approximate surface area is 96.6 Å². The number of rotatable bonds is 2. The van der Waals surface area contributed by atoms with Crippen LogP contribution < -0.4 is 5.73 Å². The van der Waals surface area contributed by atoms with Gasteiger partial charge in [-0.2, -0.15) is 0 Å². The highest BCUT2D eigenvalue weighted by Gasteiger charge is 2.08. The molecule has 0 heterocycles. The van der Waals surface area contributed by atoms with Gasteiger partial charge in [-0.1, -0.05) is 27.5 Å². The summed E-state index contributed by atoms with van der Waals surface area (Å²) in [5.74, 6) is 0. The molecule has 0 spiro atoms. The summed E-state index contributed by atoms with van der Waals surface area (Å²) in [7, 11) is 0. The van der Waals surface area contributed by atoms with E-state index in [1.807, 2.05) is 6.07 Å². The largest absolute Gasteiger partial charge is 0.394 e. The third-order valence-corrected chi connectivity index (χ3v) is 2.51. The number of halogens is 3. The number of benzene rings is 1. The van der Waals surface area contributed by atoms with Crippen LogP contribution in [-0.4, -0.2) is 11.7 Å². The molecule has 0 bridgehead atoms. The fraction of sp³-hybridized carbons (Fsp3) is 0.250. The molecule has 0 saturated heterocycles. The first-order valence-corrected chi connectivity index (χ1v) is 4.63. The lowest BCUT2D eigenvalue weighted by Gasteiger charge is -2.10. The molecular weight excluding hydrogens is 277 g/mol. The molecule has 1 aromatic carbocycles. The maximum absolute atomic E-state index is 8.81. The topological polar surface area (TPSA) is 46.2 Å². The van der Waals surface area contributed by atoms with E-state index in [0.717, 1.165) is 10.0 Å². The van der Waals surface area contributed by atoms with Gasteiger partial charge in [0, 0.05) is 9.50 Å². The smallest absolute Gasteiger partial charge is 0.0624 e. The van der Waals surface area contributed by atoms with Crippen LogP contribution in [0, 0.1) is 0 Å². The molecular formula is C8H10BrCl2NO. The van der Waals surface area contributed by atoms with Crippen LogP contribution in [0.25, 0.3) is 0 Å². The SMILES string of the molecule is Cl.N[C@H](CO)c1cc(Cl)ccc1Br. The summed E-state index contributed by atoms with van der Waals surface area (Å²) in [6.07, 6.45) is 0. The van der Waals surface area contributed by atoms with Gasteiger partial charge in [0.25, 0.3) is 0 Å². The van der Waals surface area contributed by atoms with Crippen molar-refractivity contribution in [3.8, 4) is 0 Å². The van der Waals surface area contributed by atoms with Gasteiger partial charge in [0.05, 0.1) is 12.6 Å². The number of aliphatic hydroxyl groups excluding tert-OH is 1. The summed E-state index contributed by atoms with van der Waals surface area (Å²) in [4.78, 5) is 0. The van der Waals surface area contributed by atoms with E-state index in [4.69, 9.17) is 22.4 Å². The fourth-order valence-electron chi connectivity index (χ4n) is 0.897. The van der Waals surface area contributed by atoms with E-state index in [2.05, 4.69) is 15.9 Å². The van der Waals surface area contributed by atoms with Gasteiger partial charge in [-0.3, -0.25) is 0 Å². The van der Waals surface area contributed by atoms with Gasteiger partial charge in [0.1, 0.15) is 0 Å². The summed E-state index contributed by atoms with van der Waals surface area (Å²) in [5, 5.41) is 9.44. The molecule has 74 valence electrons. The Balaban J connectivity index is 0.00000144. The van der Waals surface area contributed by atoms with E-state index in [0.29, 0.717) is 5.02 Å². The average molecular weight is 287 g/mol. The molecule has 0 fully saturated rings. The van der Waals surface area contributed by atoms with Crippen molar-refractivity contribution in [3.63, 3.8) is 0 Å². The van der Waals surface area contributed by atoms with E-state index in [9.17, 15) is 0 Å². The minimum Gasteiger partial charge on any atom is -0.394 e. The van der Waals surface area contributed by atoms with Gasteiger partial charge in [-0.15, -0.1) is 12.4 Å². The molecule has 0 aliphatic carbocycles. The Bertz CT molecular complexity index is 283. The molecule has 0 aliphatic heterocycles. The van der Waals surface area contributed by atoms with E-state index in [-0.39, 0.29) is 25.1 Å². The van der Waals surface area contributed by atoms with Crippen molar-refractivity contribution in [3.05, 3.63) is 33.3 Å². The Morgan fingerprint density at radius 3 is 2.69 bits per heavy atom. The molecule has 0 aromatic heterocycles. The molecule has 2 nitrogen and oxygen atoms in total. The normalized spacial score (nSPS) is 12.0. The van der Waals surface area contributed by atoms with Crippen molar-refractivity contribution < 1.29 is 5.11 Å². The first kappa shape index (κ1) is 13.2. The Morgan fingerprint density at radius 1 is 1.54 bits per heavy atom. The van der Waals surface area contributed by atoms with Crippen molar-refractivity contribution in [1.29, 1.82) is 0 Å². The van der Waals surface area contributed by atoms with Crippen molar-refractivity contribution in [2.24, 2.45) is 5.73 Å². The van der Waals surface area contributed by atoms with Gasteiger partial charge in [-0.25, -0.2) is 0 Å². The van der Waals surface area contributed by atoms with Gasteiger partial charge >= 0.3 is 0 Å². The van der Waals surface area contributed by atoms with Crippen molar-refractivity contribution >= 4 is 39.9 Å². The van der Waals surface area contributed by atoms with E-state index < -0.39 is 0 Å². The first-order chi connectivity index (χ1) is 5.65. The average Bonchev–Trinajstić information content (AvgIpc) is 2.08. The Kier molecular flexibility index (Phi) is 5.92. The lowest BCUT2D eigenvalue weighted by molar-refractivity contribution is 0.267. The maximum atomic E-state index is 8.81. The minimum atomic E-state index is -0.377. The van der Waals surface area contributed by atoms with Crippen LogP contribution in [0.4, 0.5) is 0 Å². The zero-order valence-corrected chi connectivity index (χ0v) is 9.86. The summed E-state index contributed by atoms with van der Waals surface area (Å²) >= 11 is 9.08. The van der Waals surface area contributed by atoms with Crippen molar-refractivity contribution in [1.82, 2.24) is 0 Å². The second-order valence-electron chi connectivity index (χ2n) is 2.45. The third-order valence-electron chi connectivity index (χ3n) is 1.55. The molecule has 1 aromatic rings. The lowest BCUT2D eigenvalue weighted by Crippen LogP contribution is -2.14. The maximum Gasteiger partial charge on any atom is 0.0624 e. The zero-order valence-electron chi connectivity index (χ0n) is 6.71. The number of hydrogen-bond acceptors (Lipinski definition) is 2. The third kappa shape index (κ3) is 3.44. The van der Waals surface area contributed by atoms with Crippen molar-refractivity contribution in [2.75, 3.05) is 6.61 Å². The molecule has 1 rings (SSSR count). The summed E-state index contributed by atoms with van der Waals surface area (Å²) < 4.78 is 0.869. The molecule has 1 atom stereocenters. The Hall–Kier alpha value is 0.200. The fourth-order valence-corrected chi connectivity index (χ4v) is 1.62. The summed E-state index contributed by atoms with van der Waals surface area (Å²) in [6.45, 7) is -0.0844. The molecule has 0 aliphatic rings. The second-order valence-corrected chi connectivity index (χ2v) is 3.75. The summed E-state index contributed by atoms with van der Waals surface area (Å²) in [6, 6.07) is 4.94. The van der Waals surface area contributed by atoms with Crippen LogP contribution in [0.2, 0.25) is 5.02 Å². The predicted molar refractivity (Wildman–Crippen MR) is 60.4 cm³/mol. The number of nitrogens with two attached hydrogens (primary N) is 1. The number of aliphatic hydroxyl groups is 1. The quantitative estimate of drug-likeness (QED) is 0.878. The van der Waals surface area contributed by atoms with Gasteiger partial charge in [0.2, 0.25) is 0 Å². The molecule has 0 amide bonds. The van der Waals surface area contributed by atoms with Crippen LogP contribution in [0.5, 0.6) is 0 Å². The number of hydrogen-bond donors (Lipinski definition) is 2. The molecule has 3 N–H and O–H groups in total. The first-order valence-electron chi connectivity index (χ1n) is 3.46. The van der Waals surface area contributed by atoms with Crippen LogP contribution in [0.15, 0.2) is 22.7 Å². The molecule has 5 heteroatoms. The van der Waals surface area contributed by atoms with Crippen LogP contribution in [0.1, 0.15) is 11.6 Å². The standard InChI is InChI=1S/C8H9BrClNO.ClH/c9-7-2-1-5(10)3-6(7)8(11)4-12;/h1-3,8,12H,4,11H2;1H/t8-;/m1./s1. The molecule has 13 heavy (non-hydrogen) atoms. The predicted octanol–water partition coefficient (Wildman–Crippen LogP) is 2.52. The van der Waals surface area contributed by atoms with Gasteiger partial charge in [0.15, 0.2) is 0 Å². The molecule has 0 radical (unpaired) electrons. The Morgan fingerprint density at radius 2 is 2.15 bits per heavy atom. The highest BCUT2D eigenvalue weighted by Crippen LogP contribution is 2.25. The summed E-state index contributed by atoms with van der Waals surface area (Å²) in [5.41, 5.74) is 6.45. The highest BCUT2D eigenvalue weighted by molar-refractivity contribution is 9.10. The second kappa shape index (κ2) is 5.83. The molecule has 0 saturated carbocycles. The van der Waals surface area contributed by atoms with Crippen LogP contribution in [0.3, 0.4) is 0 Å². The van der Waals surface area contributed by atoms with Crippen LogP contribution in [-0.2, 0) is 0 Å². The molecule has 0 unspecified atom stereocenters. The monoisotopic (exact) mass is 285 g/mol. The van der Waals surface area contributed by atoms with Crippen LogP contribution >= 0.6 is 39.9 Å².